The molecule has 5 N–H and O–H groups in total. The van der Waals surface area contributed by atoms with Gasteiger partial charge in [0, 0.05) is 75.1 Å². The first-order valence-electron chi connectivity index (χ1n) is 22.9. The molecular weight excluding hydrogens is 877 g/mol. The minimum absolute atomic E-state index is 0.0160. The Morgan fingerprint density at radius 1 is 0.851 bits per heavy atom. The number of benzene rings is 4. The second-order valence-electron chi connectivity index (χ2n) is 17.9. The van der Waals surface area contributed by atoms with Crippen LogP contribution >= 0.6 is 0 Å². The highest BCUT2D eigenvalue weighted by molar-refractivity contribution is 7.89. The number of aliphatic hydroxyl groups excluding tert-OH is 1. The number of imide groups is 2. The van der Waals surface area contributed by atoms with Crippen molar-refractivity contribution in [2.24, 2.45) is 5.92 Å². The van der Waals surface area contributed by atoms with Gasteiger partial charge in [-0.2, -0.15) is 4.31 Å². The van der Waals surface area contributed by atoms with E-state index in [1.165, 1.54) is 0 Å². The van der Waals surface area contributed by atoms with Gasteiger partial charge in [0.25, 0.3) is 11.8 Å². The molecule has 0 spiro atoms. The minimum Gasteiger partial charge on any atom is -0.394 e. The van der Waals surface area contributed by atoms with Gasteiger partial charge in [-0.05, 0) is 97.8 Å². The molecule has 350 valence electrons. The van der Waals surface area contributed by atoms with Gasteiger partial charge < -0.3 is 26.0 Å². The molecule has 1 unspecified atom stereocenters. The molecule has 67 heavy (non-hydrogen) atoms. The van der Waals surface area contributed by atoms with Crippen LogP contribution in [-0.4, -0.2) is 132 Å². The summed E-state index contributed by atoms with van der Waals surface area (Å²) in [6.45, 7) is 5.12. The Morgan fingerprint density at radius 3 is 2.42 bits per heavy atom. The van der Waals surface area contributed by atoms with Gasteiger partial charge in [-0.15, -0.1) is 0 Å². The van der Waals surface area contributed by atoms with Crippen LogP contribution in [0, 0.1) is 12.8 Å². The topological polar surface area (TPSA) is 218 Å². The maximum atomic E-state index is 14.0. The van der Waals surface area contributed by atoms with Crippen LogP contribution in [-0.2, 0) is 29.2 Å². The van der Waals surface area contributed by atoms with Crippen molar-refractivity contribution in [1.82, 2.24) is 24.3 Å². The second-order valence-corrected chi connectivity index (χ2v) is 19.8. The molecule has 5 aliphatic heterocycles. The van der Waals surface area contributed by atoms with Gasteiger partial charge in [0.15, 0.2) is 0 Å². The number of carbonyl (C=O) groups excluding carboxylic acids is 6. The normalized spacial score (nSPS) is 22.0. The first-order valence-corrected chi connectivity index (χ1v) is 24.3. The molecule has 5 heterocycles. The summed E-state index contributed by atoms with van der Waals surface area (Å²) in [7, 11) is -3.82. The Labute approximate surface area is 388 Å². The summed E-state index contributed by atoms with van der Waals surface area (Å²) < 4.78 is 29.6. The summed E-state index contributed by atoms with van der Waals surface area (Å²) in [5.41, 5.74) is 5.81. The number of sulfonamides is 1. The lowest BCUT2D eigenvalue weighted by atomic mass is 9.82. The number of hydrogen-bond donors (Lipinski definition) is 5. The lowest BCUT2D eigenvalue weighted by Crippen LogP contribution is -2.54. The average molecular weight is 931 g/mol. The van der Waals surface area contributed by atoms with Gasteiger partial charge >= 0.3 is 0 Å². The number of hydrogen-bond acceptors (Lipinski definition) is 12. The van der Waals surface area contributed by atoms with E-state index in [-0.39, 0.29) is 72.2 Å². The Kier molecular flexibility index (Phi) is 13.0. The molecule has 0 radical (unpaired) electrons. The van der Waals surface area contributed by atoms with Crippen molar-refractivity contribution in [2.45, 2.75) is 68.5 Å². The van der Waals surface area contributed by atoms with Crippen LogP contribution in [0.15, 0.2) is 89.8 Å². The summed E-state index contributed by atoms with van der Waals surface area (Å²) in [4.78, 5) is 82.0. The monoisotopic (exact) mass is 930 g/mol. The number of rotatable bonds is 15. The summed E-state index contributed by atoms with van der Waals surface area (Å²) in [5.74, 6) is -2.54. The fourth-order valence-corrected chi connectivity index (χ4v) is 11.8. The smallest absolute Gasteiger partial charge is 0.264 e. The third-order valence-electron chi connectivity index (χ3n) is 13.6. The Balaban J connectivity index is 0.744. The zero-order valence-electron chi connectivity index (χ0n) is 37.2. The number of piperazine rings is 1. The maximum absolute atomic E-state index is 14.0. The number of fused-ring (bicyclic) bond motifs is 4. The first kappa shape index (κ1) is 45.7. The predicted molar refractivity (Wildman–Crippen MR) is 249 cm³/mol. The van der Waals surface area contributed by atoms with Crippen molar-refractivity contribution in [3.63, 3.8) is 0 Å². The predicted octanol–water partition coefficient (Wildman–Crippen LogP) is 3.97. The van der Waals surface area contributed by atoms with Crippen molar-refractivity contribution in [1.29, 1.82) is 0 Å². The highest BCUT2D eigenvalue weighted by Crippen LogP contribution is 2.49. The molecule has 0 aliphatic carbocycles. The average Bonchev–Trinajstić information content (AvgIpc) is 3.88. The van der Waals surface area contributed by atoms with Crippen molar-refractivity contribution in [3.05, 3.63) is 107 Å². The number of nitrogens with one attached hydrogen (secondary N) is 4. The zero-order valence-corrected chi connectivity index (χ0v) is 38.0. The minimum atomic E-state index is -3.82. The van der Waals surface area contributed by atoms with E-state index in [0.29, 0.717) is 69.9 Å². The van der Waals surface area contributed by atoms with Crippen LogP contribution in [0.3, 0.4) is 0 Å². The number of nitrogens with zero attached hydrogens (tertiary/aromatic N) is 4. The third kappa shape index (κ3) is 9.18. The molecule has 0 saturated carbocycles. The van der Waals surface area contributed by atoms with E-state index in [9.17, 15) is 42.3 Å². The van der Waals surface area contributed by atoms with Crippen LogP contribution < -0.4 is 21.3 Å². The van der Waals surface area contributed by atoms with Gasteiger partial charge in [-0.1, -0.05) is 42.0 Å². The molecule has 4 aromatic carbocycles. The lowest BCUT2D eigenvalue weighted by molar-refractivity contribution is -0.137. The molecule has 3 saturated heterocycles. The van der Waals surface area contributed by atoms with E-state index in [1.54, 1.807) is 51.7 Å². The van der Waals surface area contributed by atoms with E-state index in [1.807, 2.05) is 49.4 Å². The number of amides is 6. The van der Waals surface area contributed by atoms with Crippen LogP contribution in [0.5, 0.6) is 0 Å². The van der Waals surface area contributed by atoms with E-state index in [4.69, 9.17) is 0 Å². The Hall–Kier alpha value is -6.47. The number of aliphatic hydroxyl groups is 1. The molecule has 4 aromatic rings. The van der Waals surface area contributed by atoms with E-state index in [0.717, 1.165) is 32.8 Å². The summed E-state index contributed by atoms with van der Waals surface area (Å²) in [6.07, 6.45) is 2.10. The quantitative estimate of drug-likeness (QED) is 0.0846. The second kappa shape index (κ2) is 19.0. The van der Waals surface area contributed by atoms with Crippen LogP contribution in [0.2, 0.25) is 0 Å². The summed E-state index contributed by atoms with van der Waals surface area (Å²) >= 11 is 0. The van der Waals surface area contributed by atoms with Crippen LogP contribution in [0.4, 0.5) is 17.1 Å². The van der Waals surface area contributed by atoms with Crippen LogP contribution in [0.25, 0.3) is 11.1 Å². The highest BCUT2D eigenvalue weighted by Gasteiger charge is 2.49. The zero-order chi connectivity index (χ0) is 47.0. The molecule has 0 bridgehead atoms. The largest absolute Gasteiger partial charge is 0.394 e. The molecule has 5 aliphatic rings. The molecule has 6 amide bonds. The Morgan fingerprint density at radius 2 is 1.64 bits per heavy atom. The van der Waals surface area contributed by atoms with Crippen molar-refractivity contribution in [3.8, 4) is 11.1 Å². The Bertz CT molecular complexity index is 2750. The number of piperidine rings is 1. The first-order chi connectivity index (χ1) is 32.3. The fraction of sp³-hybridized carbons (Fsp3) is 0.388. The third-order valence-corrected chi connectivity index (χ3v) is 15.5. The molecule has 3 fully saturated rings. The molecule has 4 atom stereocenters. The molecule has 17 nitrogen and oxygen atoms in total. The SMILES string of the molecule is Cc1ccc(S(=O)(=O)N2CC[C@@H]3[C@H](CO)Nc4ccc(-c5cccc(NC(=O)CCCN6CCN(CCCNc7cccc8c7C(=O)N(C7CCC(=O)NC7=O)C8=O)CC6=O)c5)cc4[C@@H]32)cc1. The summed E-state index contributed by atoms with van der Waals surface area (Å²) in [6, 6.07) is 23.4. The molecular formula is C49H54N8O9S. The van der Waals surface area contributed by atoms with Gasteiger partial charge in [-0.25, -0.2) is 8.42 Å². The van der Waals surface area contributed by atoms with E-state index < -0.39 is 45.7 Å². The number of anilines is 3. The number of carbonyl (C=O) groups is 6. The van der Waals surface area contributed by atoms with Crippen molar-refractivity contribution in [2.75, 3.05) is 68.4 Å². The molecule has 18 heteroatoms. The van der Waals surface area contributed by atoms with Gasteiger partial charge in [-0.3, -0.25) is 43.9 Å². The fourth-order valence-electron chi connectivity index (χ4n) is 10.1. The molecule has 9 rings (SSSR count). The summed E-state index contributed by atoms with van der Waals surface area (Å²) in [5, 5.41) is 22.2. The standard InChI is InChI=1S/C49H54N8O9S/c1-30-11-14-34(15-12-30)67(65,66)56-23-19-35-40(29-58)52-38-16-13-32(27-37(38)46(35)56)31-6-2-7-33(26-31)51-42(59)10-4-22-55-25-24-54(28-44(55)61)21-5-20-50-39-9-3-8-36-45(39)49(64)57(48(36)63)41-17-18-43(60)53-47(41)62/h2-3,6-9,11-16,26-27,35,40-41,46,50,52,58H,4-5,10,17-25,28-29H2,1H3,(H,51,59)(H,53,60,62)/t35-,40+,41?,46-/m1/s1. The van der Waals surface area contributed by atoms with E-state index in [2.05, 4.69) is 26.2 Å². The number of aryl methyl sites for hydroxylation is 1. The van der Waals surface area contributed by atoms with Gasteiger partial charge in [0.2, 0.25) is 33.7 Å². The van der Waals surface area contributed by atoms with Crippen molar-refractivity contribution < 1.29 is 42.3 Å². The molecule has 0 aromatic heterocycles. The highest BCUT2D eigenvalue weighted by atomic mass is 32.2. The maximum Gasteiger partial charge on any atom is 0.264 e. The van der Waals surface area contributed by atoms with Crippen molar-refractivity contribution >= 4 is 62.5 Å². The van der Waals surface area contributed by atoms with Gasteiger partial charge in [0.05, 0.1) is 41.3 Å². The van der Waals surface area contributed by atoms with Crippen LogP contribution in [0.1, 0.15) is 76.4 Å². The van der Waals surface area contributed by atoms with Gasteiger partial charge in [0.1, 0.15) is 6.04 Å². The lowest BCUT2D eigenvalue weighted by Gasteiger charge is -2.39. The van der Waals surface area contributed by atoms with E-state index >= 15 is 0 Å².